The number of aromatic hydroxyl groups is 1. The summed E-state index contributed by atoms with van der Waals surface area (Å²) in [6, 6.07) is 9.99. The summed E-state index contributed by atoms with van der Waals surface area (Å²) in [6.07, 6.45) is 0.246. The Balaban J connectivity index is 1.64. The number of hydrogen-bond donors (Lipinski definition) is 2. The number of thiophene rings is 1. The van der Waals surface area contributed by atoms with Crippen LogP contribution in [-0.4, -0.2) is 16.8 Å². The fourth-order valence-corrected chi connectivity index (χ4v) is 3.67. The molecule has 0 atom stereocenters. The molecular formula is C21H19NO5S. The summed E-state index contributed by atoms with van der Waals surface area (Å²) >= 11 is 1.55. The lowest BCUT2D eigenvalue weighted by molar-refractivity contribution is -0.115. The molecule has 0 bridgehead atoms. The minimum absolute atomic E-state index is 0.0655. The number of carbonyl (C=O) groups is 2. The Bertz CT molecular complexity index is 1080. The van der Waals surface area contributed by atoms with Crippen molar-refractivity contribution in [1.29, 1.82) is 0 Å². The molecule has 1 aromatic carbocycles. The van der Waals surface area contributed by atoms with Crippen LogP contribution >= 0.6 is 11.3 Å². The Labute approximate surface area is 165 Å². The van der Waals surface area contributed by atoms with E-state index in [1.165, 1.54) is 13.0 Å². The van der Waals surface area contributed by atoms with Crippen LogP contribution in [0.15, 0.2) is 51.0 Å². The Morgan fingerprint density at radius 1 is 1.11 bits per heavy atom. The van der Waals surface area contributed by atoms with Gasteiger partial charge in [0.1, 0.15) is 17.1 Å². The first-order valence-corrected chi connectivity index (χ1v) is 9.50. The van der Waals surface area contributed by atoms with Crippen LogP contribution in [0.4, 0.5) is 5.69 Å². The average Bonchev–Trinajstić information content (AvgIpc) is 3.00. The lowest BCUT2D eigenvalue weighted by atomic mass is 10.0. The van der Waals surface area contributed by atoms with E-state index in [0.717, 1.165) is 10.4 Å². The SMILES string of the molecule is Cc1cc(O)c(C(=O)Cc2ccc(NC(=O)Cc3sccc3C)cc2)c(=O)o1. The molecule has 2 N–H and O–H groups in total. The zero-order chi connectivity index (χ0) is 20.3. The molecule has 1 amide bonds. The van der Waals surface area contributed by atoms with Crippen LogP contribution in [0.3, 0.4) is 0 Å². The molecule has 7 heteroatoms. The Morgan fingerprint density at radius 2 is 1.82 bits per heavy atom. The smallest absolute Gasteiger partial charge is 0.350 e. The van der Waals surface area contributed by atoms with Crippen molar-refractivity contribution in [3.63, 3.8) is 0 Å². The van der Waals surface area contributed by atoms with E-state index in [4.69, 9.17) is 4.42 Å². The molecule has 2 aromatic heterocycles. The van der Waals surface area contributed by atoms with Gasteiger partial charge in [-0.3, -0.25) is 9.59 Å². The lowest BCUT2D eigenvalue weighted by Gasteiger charge is -2.07. The Kier molecular flexibility index (Phi) is 5.75. The first kappa shape index (κ1) is 19.6. The van der Waals surface area contributed by atoms with Gasteiger partial charge in [0.2, 0.25) is 5.91 Å². The molecular weight excluding hydrogens is 378 g/mol. The first-order chi connectivity index (χ1) is 13.3. The molecule has 144 valence electrons. The highest BCUT2D eigenvalue weighted by molar-refractivity contribution is 7.10. The molecule has 0 fully saturated rings. The number of ketones is 1. The zero-order valence-corrected chi connectivity index (χ0v) is 16.3. The summed E-state index contributed by atoms with van der Waals surface area (Å²) in [7, 11) is 0. The third kappa shape index (κ3) is 4.55. The average molecular weight is 397 g/mol. The van der Waals surface area contributed by atoms with Crippen molar-refractivity contribution < 1.29 is 19.1 Å². The molecule has 6 nitrogen and oxygen atoms in total. The van der Waals surface area contributed by atoms with E-state index in [1.54, 1.807) is 35.6 Å². The molecule has 0 saturated carbocycles. The lowest BCUT2D eigenvalue weighted by Crippen LogP contribution is -2.16. The highest BCUT2D eigenvalue weighted by Crippen LogP contribution is 2.19. The number of rotatable bonds is 6. The van der Waals surface area contributed by atoms with Crippen LogP contribution in [0.2, 0.25) is 0 Å². The number of nitrogens with one attached hydrogen (secondary N) is 1. The standard InChI is InChI=1S/C21H19NO5S/c1-12-7-8-28-18(12)11-19(25)22-15-5-3-14(4-6-15)10-17(24)20-16(23)9-13(2)27-21(20)26/h3-9,23H,10-11H2,1-2H3,(H,22,25). The summed E-state index contributed by atoms with van der Waals surface area (Å²) in [5, 5.41) is 14.6. The number of hydrogen-bond acceptors (Lipinski definition) is 6. The summed E-state index contributed by atoms with van der Waals surface area (Å²) in [6.45, 7) is 3.49. The van der Waals surface area contributed by atoms with Gasteiger partial charge in [0, 0.05) is 23.1 Å². The van der Waals surface area contributed by atoms with Crippen LogP contribution in [0.1, 0.15) is 32.1 Å². The number of carbonyl (C=O) groups excluding carboxylic acids is 2. The van der Waals surface area contributed by atoms with E-state index < -0.39 is 11.4 Å². The number of anilines is 1. The van der Waals surface area contributed by atoms with Crippen LogP contribution in [0, 0.1) is 13.8 Å². The van der Waals surface area contributed by atoms with Gasteiger partial charge in [-0.25, -0.2) is 4.79 Å². The van der Waals surface area contributed by atoms with Crippen molar-refractivity contribution >= 4 is 28.7 Å². The molecule has 2 heterocycles. The molecule has 0 radical (unpaired) electrons. The monoisotopic (exact) mass is 397 g/mol. The fourth-order valence-electron chi connectivity index (χ4n) is 2.77. The van der Waals surface area contributed by atoms with Gasteiger partial charge < -0.3 is 14.8 Å². The van der Waals surface area contributed by atoms with E-state index in [0.29, 0.717) is 17.7 Å². The molecule has 0 aliphatic carbocycles. The van der Waals surface area contributed by atoms with Gasteiger partial charge in [0.05, 0.1) is 6.42 Å². The van der Waals surface area contributed by atoms with E-state index in [-0.39, 0.29) is 29.4 Å². The number of benzene rings is 1. The van der Waals surface area contributed by atoms with Gasteiger partial charge >= 0.3 is 5.63 Å². The second-order valence-electron chi connectivity index (χ2n) is 6.45. The maximum Gasteiger partial charge on any atom is 0.350 e. The Hall–Kier alpha value is -3.19. The van der Waals surface area contributed by atoms with Gasteiger partial charge in [-0.2, -0.15) is 0 Å². The summed E-state index contributed by atoms with van der Waals surface area (Å²) in [5.41, 5.74) is 1.16. The van der Waals surface area contributed by atoms with E-state index in [1.807, 2.05) is 18.4 Å². The number of aryl methyl sites for hydroxylation is 2. The molecule has 0 spiro atoms. The first-order valence-electron chi connectivity index (χ1n) is 8.62. The maximum absolute atomic E-state index is 12.4. The molecule has 0 aliphatic heterocycles. The largest absolute Gasteiger partial charge is 0.507 e. The summed E-state index contributed by atoms with van der Waals surface area (Å²) in [5.74, 6) is -0.795. The van der Waals surface area contributed by atoms with E-state index in [2.05, 4.69) is 5.32 Å². The molecule has 28 heavy (non-hydrogen) atoms. The van der Waals surface area contributed by atoms with Crippen molar-refractivity contribution in [2.45, 2.75) is 26.7 Å². The van der Waals surface area contributed by atoms with Crippen molar-refractivity contribution in [2.24, 2.45) is 0 Å². The predicted molar refractivity (Wildman–Crippen MR) is 107 cm³/mol. The van der Waals surface area contributed by atoms with Gasteiger partial charge in [-0.15, -0.1) is 11.3 Å². The second-order valence-corrected chi connectivity index (χ2v) is 7.45. The van der Waals surface area contributed by atoms with Crippen molar-refractivity contribution in [3.8, 4) is 5.75 Å². The minimum atomic E-state index is -0.852. The van der Waals surface area contributed by atoms with Gasteiger partial charge in [0.15, 0.2) is 5.78 Å². The molecule has 3 aromatic rings. The summed E-state index contributed by atoms with van der Waals surface area (Å²) < 4.78 is 4.88. The van der Waals surface area contributed by atoms with Crippen molar-refractivity contribution in [1.82, 2.24) is 0 Å². The zero-order valence-electron chi connectivity index (χ0n) is 15.4. The third-order valence-corrected chi connectivity index (χ3v) is 5.25. The van der Waals surface area contributed by atoms with E-state index >= 15 is 0 Å². The second kappa shape index (κ2) is 8.22. The minimum Gasteiger partial charge on any atom is -0.507 e. The Morgan fingerprint density at radius 3 is 2.43 bits per heavy atom. The van der Waals surface area contributed by atoms with Gasteiger partial charge in [-0.05, 0) is 48.6 Å². The summed E-state index contributed by atoms with van der Waals surface area (Å²) in [4.78, 5) is 37.4. The number of Topliss-reactive ketones (excluding diaryl/α,β-unsaturated/α-hetero) is 1. The van der Waals surface area contributed by atoms with Gasteiger partial charge in [0.25, 0.3) is 0 Å². The fraction of sp³-hybridized carbons (Fsp3) is 0.190. The molecule has 0 saturated heterocycles. The predicted octanol–water partition coefficient (Wildman–Crippen LogP) is 3.63. The molecule has 0 aliphatic rings. The van der Waals surface area contributed by atoms with Crippen molar-refractivity contribution in [2.75, 3.05) is 5.32 Å². The van der Waals surface area contributed by atoms with E-state index in [9.17, 15) is 19.5 Å². The molecule has 0 unspecified atom stereocenters. The van der Waals surface area contributed by atoms with Crippen LogP contribution in [0.5, 0.6) is 5.75 Å². The van der Waals surface area contributed by atoms with Crippen LogP contribution in [0.25, 0.3) is 0 Å². The van der Waals surface area contributed by atoms with Crippen molar-refractivity contribution in [3.05, 3.63) is 79.5 Å². The number of amides is 1. The van der Waals surface area contributed by atoms with Crippen LogP contribution in [-0.2, 0) is 17.6 Å². The quantitative estimate of drug-likeness (QED) is 0.619. The normalized spacial score (nSPS) is 10.6. The maximum atomic E-state index is 12.4. The molecule has 3 rings (SSSR count). The highest BCUT2D eigenvalue weighted by Gasteiger charge is 2.18. The topological polar surface area (TPSA) is 96.6 Å². The van der Waals surface area contributed by atoms with Gasteiger partial charge in [-0.1, -0.05) is 12.1 Å². The highest BCUT2D eigenvalue weighted by atomic mass is 32.1. The van der Waals surface area contributed by atoms with Crippen LogP contribution < -0.4 is 10.9 Å². The third-order valence-electron chi connectivity index (χ3n) is 4.22.